The Hall–Kier alpha value is -2.67. The molecule has 1 N–H and O–H groups in total. The van der Waals surface area contributed by atoms with Gasteiger partial charge in [-0.2, -0.15) is 0 Å². The Labute approximate surface area is 168 Å². The molecule has 0 aromatic heterocycles. The van der Waals surface area contributed by atoms with Crippen molar-refractivity contribution in [2.24, 2.45) is 5.92 Å². The molecule has 4 rings (SSSR count). The summed E-state index contributed by atoms with van der Waals surface area (Å²) in [7, 11) is 0. The quantitative estimate of drug-likeness (QED) is 0.785. The number of carbonyl (C=O) groups is 2. The van der Waals surface area contributed by atoms with Crippen LogP contribution in [0.5, 0.6) is 11.5 Å². The van der Waals surface area contributed by atoms with Gasteiger partial charge in [-0.15, -0.1) is 11.8 Å². The minimum Gasteiger partial charge on any atom is -0.486 e. The number of para-hydroxylation sites is 2. The molecule has 2 heterocycles. The number of nitrogens with one attached hydrogen (secondary N) is 1. The van der Waals surface area contributed by atoms with Gasteiger partial charge in [0, 0.05) is 23.5 Å². The second-order valence-corrected chi connectivity index (χ2v) is 7.73. The third-order valence-electron chi connectivity index (χ3n) is 4.95. The molecule has 0 saturated carbocycles. The summed E-state index contributed by atoms with van der Waals surface area (Å²) in [5.41, 5.74) is 0.832. The maximum absolute atomic E-state index is 12.6. The molecule has 0 spiro atoms. The van der Waals surface area contributed by atoms with Crippen LogP contribution in [0.3, 0.4) is 0 Å². The summed E-state index contributed by atoms with van der Waals surface area (Å²) in [6, 6.07) is 15.3. The lowest BCUT2D eigenvalue weighted by Gasteiger charge is -2.26. The zero-order valence-corrected chi connectivity index (χ0v) is 16.4. The van der Waals surface area contributed by atoms with Gasteiger partial charge in [-0.25, -0.2) is 0 Å². The van der Waals surface area contributed by atoms with Crippen molar-refractivity contribution in [2.45, 2.75) is 17.4 Å². The Morgan fingerprint density at radius 1 is 1.18 bits per heavy atom. The molecule has 28 heavy (non-hydrogen) atoms. The minimum absolute atomic E-state index is 0.0248. The number of benzene rings is 2. The molecule has 2 aliphatic heterocycles. The number of amides is 2. The molecule has 146 valence electrons. The Balaban J connectivity index is 1.31. The van der Waals surface area contributed by atoms with E-state index >= 15 is 0 Å². The predicted octanol–water partition coefficient (Wildman–Crippen LogP) is 2.72. The van der Waals surface area contributed by atoms with Crippen molar-refractivity contribution in [1.29, 1.82) is 0 Å². The first kappa shape index (κ1) is 18.7. The Kier molecular flexibility index (Phi) is 5.43. The fourth-order valence-corrected chi connectivity index (χ4v) is 3.83. The number of carbonyl (C=O) groups excluding carboxylic acids is 2. The van der Waals surface area contributed by atoms with E-state index in [0.29, 0.717) is 25.4 Å². The van der Waals surface area contributed by atoms with Crippen molar-refractivity contribution in [3.8, 4) is 11.5 Å². The van der Waals surface area contributed by atoms with Gasteiger partial charge in [0.25, 0.3) is 0 Å². The van der Waals surface area contributed by atoms with Gasteiger partial charge in [-0.1, -0.05) is 12.1 Å². The summed E-state index contributed by atoms with van der Waals surface area (Å²) in [6.07, 6.45) is 1.99. The molecule has 2 aliphatic rings. The number of rotatable bonds is 5. The monoisotopic (exact) mass is 398 g/mol. The Morgan fingerprint density at radius 2 is 1.93 bits per heavy atom. The van der Waals surface area contributed by atoms with E-state index in [9.17, 15) is 9.59 Å². The lowest BCUT2D eigenvalue weighted by atomic mass is 10.1. The lowest BCUT2D eigenvalue weighted by Crippen LogP contribution is -2.43. The second kappa shape index (κ2) is 8.14. The summed E-state index contributed by atoms with van der Waals surface area (Å²) in [5, 5.41) is 2.91. The molecule has 7 heteroatoms. The van der Waals surface area contributed by atoms with Crippen LogP contribution in [0.15, 0.2) is 53.4 Å². The first-order valence-electron chi connectivity index (χ1n) is 9.24. The van der Waals surface area contributed by atoms with Crippen LogP contribution in [-0.2, 0) is 9.59 Å². The van der Waals surface area contributed by atoms with Crippen molar-refractivity contribution in [2.75, 3.05) is 30.9 Å². The minimum atomic E-state index is -0.357. The van der Waals surface area contributed by atoms with Crippen molar-refractivity contribution in [3.05, 3.63) is 48.5 Å². The number of nitrogens with zero attached hydrogens (tertiary/aromatic N) is 1. The van der Waals surface area contributed by atoms with Gasteiger partial charge in [-0.05, 0) is 42.7 Å². The zero-order chi connectivity index (χ0) is 19.5. The van der Waals surface area contributed by atoms with Gasteiger partial charge < -0.3 is 19.7 Å². The maximum atomic E-state index is 12.6. The highest BCUT2D eigenvalue weighted by Crippen LogP contribution is 2.31. The predicted molar refractivity (Wildman–Crippen MR) is 108 cm³/mol. The van der Waals surface area contributed by atoms with Crippen LogP contribution in [0.25, 0.3) is 0 Å². The number of thioether (sulfide) groups is 1. The van der Waals surface area contributed by atoms with Crippen molar-refractivity contribution in [1.82, 2.24) is 5.32 Å². The first-order chi connectivity index (χ1) is 13.6. The fourth-order valence-electron chi connectivity index (χ4n) is 3.42. The zero-order valence-electron chi connectivity index (χ0n) is 15.6. The van der Waals surface area contributed by atoms with Crippen LogP contribution < -0.4 is 19.7 Å². The Morgan fingerprint density at radius 3 is 2.68 bits per heavy atom. The summed E-state index contributed by atoms with van der Waals surface area (Å²) >= 11 is 1.65. The van der Waals surface area contributed by atoms with Crippen LogP contribution in [0, 0.1) is 5.92 Å². The number of fused-ring (bicyclic) bond motifs is 1. The van der Waals surface area contributed by atoms with E-state index in [-0.39, 0.29) is 30.3 Å². The molecule has 2 aromatic rings. The van der Waals surface area contributed by atoms with Gasteiger partial charge in [0.05, 0.1) is 12.5 Å². The van der Waals surface area contributed by atoms with E-state index < -0.39 is 0 Å². The Bertz CT molecular complexity index is 871. The molecule has 0 bridgehead atoms. The number of hydrogen-bond acceptors (Lipinski definition) is 5. The summed E-state index contributed by atoms with van der Waals surface area (Å²) in [5.74, 6) is 0.894. The molecular formula is C21H22N2O4S. The summed E-state index contributed by atoms with van der Waals surface area (Å²) in [4.78, 5) is 27.8. The molecule has 0 unspecified atom stereocenters. The van der Waals surface area contributed by atoms with Gasteiger partial charge in [0.1, 0.15) is 12.7 Å². The van der Waals surface area contributed by atoms with Gasteiger partial charge in [-0.3, -0.25) is 9.59 Å². The van der Waals surface area contributed by atoms with Gasteiger partial charge >= 0.3 is 0 Å². The topological polar surface area (TPSA) is 67.9 Å². The van der Waals surface area contributed by atoms with Crippen molar-refractivity contribution in [3.63, 3.8) is 0 Å². The van der Waals surface area contributed by atoms with Crippen LogP contribution >= 0.6 is 11.8 Å². The molecule has 2 amide bonds. The highest BCUT2D eigenvalue weighted by molar-refractivity contribution is 7.98. The van der Waals surface area contributed by atoms with E-state index in [4.69, 9.17) is 9.47 Å². The average Bonchev–Trinajstić information content (AvgIpc) is 3.13. The molecule has 1 saturated heterocycles. The molecular weight excluding hydrogens is 376 g/mol. The third-order valence-corrected chi connectivity index (χ3v) is 5.69. The van der Waals surface area contributed by atoms with Crippen LogP contribution in [0.4, 0.5) is 5.69 Å². The molecule has 2 atom stereocenters. The van der Waals surface area contributed by atoms with Crippen molar-refractivity contribution < 1.29 is 19.1 Å². The van der Waals surface area contributed by atoms with E-state index in [0.717, 1.165) is 16.3 Å². The number of hydrogen-bond donors (Lipinski definition) is 1. The highest BCUT2D eigenvalue weighted by Gasteiger charge is 2.35. The van der Waals surface area contributed by atoms with Crippen LogP contribution in [0.2, 0.25) is 0 Å². The van der Waals surface area contributed by atoms with E-state index in [2.05, 4.69) is 5.32 Å². The first-order valence-corrected chi connectivity index (χ1v) is 10.5. The second-order valence-electron chi connectivity index (χ2n) is 6.85. The number of ether oxygens (including phenoxy) is 2. The SMILES string of the molecule is CSc1ccc(N2C[C@@H](C(=O)NC[C@H]3COc4ccccc4O3)CC2=O)cc1. The van der Waals surface area contributed by atoms with Crippen LogP contribution in [0.1, 0.15) is 6.42 Å². The van der Waals surface area contributed by atoms with E-state index in [1.807, 2.05) is 54.8 Å². The third kappa shape index (κ3) is 3.94. The standard InChI is InChI=1S/C21H22N2O4S/c1-28-17-8-6-15(7-9-17)23-12-14(10-20(23)24)21(25)22-11-16-13-26-18-4-2-3-5-19(18)27-16/h2-9,14,16H,10-13H2,1H3,(H,22,25)/t14-,16-/m0/s1. The molecule has 2 aromatic carbocycles. The van der Waals surface area contributed by atoms with E-state index in [1.165, 1.54) is 0 Å². The van der Waals surface area contributed by atoms with E-state index in [1.54, 1.807) is 16.7 Å². The van der Waals surface area contributed by atoms with Crippen LogP contribution in [-0.4, -0.2) is 43.9 Å². The highest BCUT2D eigenvalue weighted by atomic mass is 32.2. The lowest BCUT2D eigenvalue weighted by molar-refractivity contribution is -0.126. The summed E-state index contributed by atoms with van der Waals surface area (Å²) < 4.78 is 11.5. The molecule has 0 radical (unpaired) electrons. The number of anilines is 1. The summed E-state index contributed by atoms with van der Waals surface area (Å²) in [6.45, 7) is 1.13. The molecule has 1 fully saturated rings. The maximum Gasteiger partial charge on any atom is 0.227 e. The fraction of sp³-hybridized carbons (Fsp3) is 0.333. The van der Waals surface area contributed by atoms with Crippen molar-refractivity contribution >= 4 is 29.3 Å². The molecule has 6 nitrogen and oxygen atoms in total. The molecule has 0 aliphatic carbocycles. The average molecular weight is 398 g/mol. The largest absolute Gasteiger partial charge is 0.486 e. The smallest absolute Gasteiger partial charge is 0.227 e. The normalized spacial score (nSPS) is 20.9. The van der Waals surface area contributed by atoms with Gasteiger partial charge in [0.2, 0.25) is 11.8 Å². The van der Waals surface area contributed by atoms with Gasteiger partial charge in [0.15, 0.2) is 11.5 Å².